The van der Waals surface area contributed by atoms with Gasteiger partial charge < -0.3 is 9.32 Å². The largest absolute Gasteiger partial charge is 0.454 e. The molecule has 0 spiro atoms. The van der Waals surface area contributed by atoms with Gasteiger partial charge in [0.15, 0.2) is 5.58 Å². The lowest BCUT2D eigenvalue weighted by Gasteiger charge is -2.30. The number of benzene rings is 10. The summed E-state index contributed by atoms with van der Waals surface area (Å²) >= 11 is 0. The predicted octanol–water partition coefficient (Wildman–Crippen LogP) is 17.1. The zero-order valence-corrected chi connectivity index (χ0v) is 36.9. The quantitative estimate of drug-likeness (QED) is 0.159. The molecule has 2 heteroatoms. The summed E-state index contributed by atoms with van der Waals surface area (Å²) < 4.78 is 6.80. The molecule has 0 fully saturated rings. The third-order valence-electron chi connectivity index (χ3n) is 14.9. The lowest BCUT2D eigenvalue weighted by molar-refractivity contribution is 0.669. The van der Waals surface area contributed by atoms with Gasteiger partial charge in [-0.15, -0.1) is 0 Å². The summed E-state index contributed by atoms with van der Waals surface area (Å²) in [6.45, 7) is 4.77. The SMILES string of the molecule is CC1(c2ccccc2)c2ccccc2-c2ccc(-c3ccc(N(c4ccccc4-c4ccc5c(c4)C(C)(c4ccccc4)c4ccccc4-5)c4cccc5c4oc4ccccc45)cc3)cc21. The van der Waals surface area contributed by atoms with Crippen molar-refractivity contribution < 1.29 is 4.42 Å². The van der Waals surface area contributed by atoms with Gasteiger partial charge in [-0.2, -0.15) is 0 Å². The second-order valence-corrected chi connectivity index (χ2v) is 18.2. The summed E-state index contributed by atoms with van der Waals surface area (Å²) in [4.78, 5) is 2.40. The fourth-order valence-electron chi connectivity index (χ4n) is 11.5. The van der Waals surface area contributed by atoms with E-state index in [1.165, 1.54) is 72.3 Å². The highest BCUT2D eigenvalue weighted by atomic mass is 16.3. The van der Waals surface area contributed by atoms with Gasteiger partial charge in [-0.25, -0.2) is 0 Å². The molecule has 2 aliphatic carbocycles. The van der Waals surface area contributed by atoms with Gasteiger partial charge in [0, 0.05) is 32.9 Å². The number of nitrogens with zero attached hydrogens (tertiary/aromatic N) is 1. The maximum Gasteiger partial charge on any atom is 0.159 e. The molecule has 0 radical (unpaired) electrons. The molecule has 11 aromatic rings. The van der Waals surface area contributed by atoms with Crippen molar-refractivity contribution in [3.63, 3.8) is 0 Å². The van der Waals surface area contributed by atoms with Crippen molar-refractivity contribution in [2.45, 2.75) is 24.7 Å². The first kappa shape index (κ1) is 38.3. The van der Waals surface area contributed by atoms with Crippen LogP contribution in [0, 0.1) is 0 Å². The first-order valence-electron chi connectivity index (χ1n) is 23.0. The number of fused-ring (bicyclic) bond motifs is 9. The molecule has 0 N–H and O–H groups in total. The number of para-hydroxylation sites is 3. The number of anilines is 3. The summed E-state index contributed by atoms with van der Waals surface area (Å²) in [5.74, 6) is 0. The second kappa shape index (κ2) is 14.7. The maximum absolute atomic E-state index is 6.80. The molecular formula is C64H45NO. The average Bonchev–Trinajstić information content (AvgIpc) is 3.99. The van der Waals surface area contributed by atoms with Crippen LogP contribution >= 0.6 is 0 Å². The van der Waals surface area contributed by atoms with E-state index < -0.39 is 0 Å². The molecule has 0 bridgehead atoms. The van der Waals surface area contributed by atoms with Crippen LogP contribution in [0.5, 0.6) is 0 Å². The lowest BCUT2D eigenvalue weighted by atomic mass is 9.74. The van der Waals surface area contributed by atoms with E-state index in [0.717, 1.165) is 44.6 Å². The monoisotopic (exact) mass is 843 g/mol. The van der Waals surface area contributed by atoms with Gasteiger partial charge in [-0.1, -0.05) is 194 Å². The first-order chi connectivity index (χ1) is 32.5. The molecule has 0 aliphatic heterocycles. The Balaban J connectivity index is 0.971. The fraction of sp³-hybridized carbons (Fsp3) is 0.0625. The van der Waals surface area contributed by atoms with Crippen LogP contribution in [0.1, 0.15) is 47.2 Å². The minimum atomic E-state index is -0.313. The third kappa shape index (κ3) is 5.55. The van der Waals surface area contributed by atoms with Crippen molar-refractivity contribution >= 4 is 39.0 Å². The highest BCUT2D eigenvalue weighted by Gasteiger charge is 2.42. The molecule has 66 heavy (non-hydrogen) atoms. The molecule has 0 saturated heterocycles. The van der Waals surface area contributed by atoms with E-state index in [1.807, 2.05) is 6.07 Å². The van der Waals surface area contributed by atoms with Crippen LogP contribution in [0.15, 0.2) is 241 Å². The van der Waals surface area contributed by atoms with Gasteiger partial charge in [0.25, 0.3) is 0 Å². The Morgan fingerprint density at radius 2 is 0.803 bits per heavy atom. The molecule has 2 unspecified atom stereocenters. The summed E-state index contributed by atoms with van der Waals surface area (Å²) in [6, 6.07) is 86.7. The van der Waals surface area contributed by atoms with E-state index >= 15 is 0 Å². The molecule has 0 saturated carbocycles. The molecule has 13 rings (SSSR count). The zero-order chi connectivity index (χ0) is 44.0. The van der Waals surface area contributed by atoms with E-state index in [1.54, 1.807) is 0 Å². The van der Waals surface area contributed by atoms with Crippen LogP contribution in [0.4, 0.5) is 17.1 Å². The summed E-state index contributed by atoms with van der Waals surface area (Å²) in [5, 5.41) is 2.20. The summed E-state index contributed by atoms with van der Waals surface area (Å²) in [7, 11) is 0. The number of hydrogen-bond donors (Lipinski definition) is 0. The van der Waals surface area contributed by atoms with Crippen molar-refractivity contribution in [2.75, 3.05) is 4.90 Å². The average molecular weight is 844 g/mol. The van der Waals surface area contributed by atoms with E-state index in [4.69, 9.17) is 4.42 Å². The number of hydrogen-bond acceptors (Lipinski definition) is 2. The number of furan rings is 1. The third-order valence-corrected chi connectivity index (χ3v) is 14.9. The van der Waals surface area contributed by atoms with Gasteiger partial charge in [0.1, 0.15) is 5.58 Å². The van der Waals surface area contributed by atoms with Crippen molar-refractivity contribution in [2.24, 2.45) is 0 Å². The number of rotatable bonds is 7. The fourth-order valence-corrected chi connectivity index (χ4v) is 11.5. The van der Waals surface area contributed by atoms with Gasteiger partial charge >= 0.3 is 0 Å². The van der Waals surface area contributed by atoms with E-state index in [-0.39, 0.29) is 10.8 Å². The minimum Gasteiger partial charge on any atom is -0.454 e. The van der Waals surface area contributed by atoms with Crippen molar-refractivity contribution in [3.05, 3.63) is 270 Å². The van der Waals surface area contributed by atoms with Crippen LogP contribution in [-0.2, 0) is 10.8 Å². The molecule has 2 aliphatic rings. The molecule has 1 heterocycles. The molecule has 1 aromatic heterocycles. The molecule has 2 atom stereocenters. The Morgan fingerprint density at radius 1 is 0.333 bits per heavy atom. The first-order valence-corrected chi connectivity index (χ1v) is 23.0. The Hall–Kier alpha value is -8.20. The van der Waals surface area contributed by atoms with Crippen molar-refractivity contribution in [1.29, 1.82) is 0 Å². The topological polar surface area (TPSA) is 16.4 Å². The Bertz CT molecular complexity index is 3680. The van der Waals surface area contributed by atoms with Crippen LogP contribution in [-0.4, -0.2) is 0 Å². The normalized spacial score (nSPS) is 16.8. The van der Waals surface area contributed by atoms with Gasteiger partial charge in [-0.3, -0.25) is 0 Å². The highest BCUT2D eigenvalue weighted by Crippen LogP contribution is 2.55. The second-order valence-electron chi connectivity index (χ2n) is 18.2. The van der Waals surface area contributed by atoms with E-state index in [0.29, 0.717) is 0 Å². The van der Waals surface area contributed by atoms with Crippen LogP contribution in [0.25, 0.3) is 66.4 Å². The predicted molar refractivity (Wildman–Crippen MR) is 274 cm³/mol. The smallest absolute Gasteiger partial charge is 0.159 e. The van der Waals surface area contributed by atoms with Gasteiger partial charge in [0.2, 0.25) is 0 Å². The van der Waals surface area contributed by atoms with E-state index in [9.17, 15) is 0 Å². The van der Waals surface area contributed by atoms with Crippen LogP contribution in [0.2, 0.25) is 0 Å². The van der Waals surface area contributed by atoms with Gasteiger partial charge in [0.05, 0.1) is 11.4 Å². The molecule has 10 aromatic carbocycles. The molecule has 312 valence electrons. The molecule has 2 nitrogen and oxygen atoms in total. The van der Waals surface area contributed by atoms with Crippen LogP contribution < -0.4 is 4.90 Å². The standard InChI is InChI=1S/C64H45NO/c1-63(45-18-5-3-6-19-45)55-27-13-9-23-49(55)51-38-34-43(40-57(51)63)42-32-36-47(37-33-42)65(60-30-17-26-54-53-25-12-16-31-61(53)66-62(54)60)59-29-15-11-22-48(59)44-35-39-52-50-24-10-14-28-56(50)64(2,58(52)41-44)46-20-7-4-8-21-46/h3-41H,1-2H3. The Labute approximate surface area is 385 Å². The van der Waals surface area contributed by atoms with Gasteiger partial charge in [-0.05, 0) is 129 Å². The zero-order valence-electron chi connectivity index (χ0n) is 36.9. The van der Waals surface area contributed by atoms with Crippen LogP contribution in [0.3, 0.4) is 0 Å². The van der Waals surface area contributed by atoms with Crippen molar-refractivity contribution in [1.82, 2.24) is 0 Å². The maximum atomic E-state index is 6.80. The Morgan fingerprint density at radius 3 is 1.45 bits per heavy atom. The summed E-state index contributed by atoms with van der Waals surface area (Å²) in [5.41, 5.74) is 22.1. The molecule has 0 amide bonds. The molecular weight excluding hydrogens is 799 g/mol. The Kier molecular flexibility index (Phi) is 8.51. The van der Waals surface area contributed by atoms with E-state index in [2.05, 4.69) is 249 Å². The highest BCUT2D eigenvalue weighted by molar-refractivity contribution is 6.11. The lowest BCUT2D eigenvalue weighted by Crippen LogP contribution is -2.22. The minimum absolute atomic E-state index is 0.270. The summed E-state index contributed by atoms with van der Waals surface area (Å²) in [6.07, 6.45) is 0. The van der Waals surface area contributed by atoms with Crippen molar-refractivity contribution in [3.8, 4) is 44.5 Å².